The van der Waals surface area contributed by atoms with Gasteiger partial charge in [0.15, 0.2) is 5.82 Å². The molecule has 0 saturated carbocycles. The van der Waals surface area contributed by atoms with Gasteiger partial charge in [0, 0.05) is 50.4 Å². The lowest BCUT2D eigenvalue weighted by Crippen LogP contribution is -1.97. The molecule has 6 aromatic carbocycles. The first-order chi connectivity index (χ1) is 22.8. The maximum Gasteiger partial charge on any atom is 0.160 e. The quantitative estimate of drug-likeness (QED) is 0.200. The summed E-state index contributed by atoms with van der Waals surface area (Å²) < 4.78 is 4.63. The highest BCUT2D eigenvalue weighted by Crippen LogP contribution is 2.36. The van der Waals surface area contributed by atoms with Gasteiger partial charge < -0.3 is 9.13 Å². The van der Waals surface area contributed by atoms with Crippen LogP contribution in [0.1, 0.15) is 0 Å². The Bertz CT molecular complexity index is 2430. The van der Waals surface area contributed by atoms with Gasteiger partial charge in [0.05, 0.1) is 27.9 Å². The van der Waals surface area contributed by atoms with E-state index >= 15 is 0 Å². The van der Waals surface area contributed by atoms with Crippen molar-refractivity contribution in [2.24, 2.45) is 0 Å². The molecule has 0 radical (unpaired) electrons. The van der Waals surface area contributed by atoms with Crippen molar-refractivity contribution in [1.29, 1.82) is 0 Å². The number of rotatable bonds is 5. The van der Waals surface area contributed by atoms with Gasteiger partial charge in [0.1, 0.15) is 0 Å². The SMILES string of the molecule is c1ccc(-c2cc(-c3ccccc3)nc(-c3ccc(-n4c5ccccc5c5cc6c(ccn6-c6ccccc6)cc54)cc3)n2)cc1. The predicted molar refractivity (Wildman–Crippen MR) is 190 cm³/mol. The predicted octanol–water partition coefficient (Wildman–Crippen LogP) is 10.5. The fourth-order valence-corrected chi connectivity index (χ4v) is 6.54. The zero-order chi connectivity index (χ0) is 30.5. The topological polar surface area (TPSA) is 35.6 Å². The molecular weight excluding hydrogens is 560 g/mol. The standard InChI is InChI=1S/C42H28N4/c1-4-12-29(13-5-1)37-28-38(30-14-6-2-7-15-30)44-42(43-37)31-20-22-34(23-21-31)46-39-19-11-10-18-35(39)36-27-40-32(26-41(36)46)24-25-45(40)33-16-8-3-9-17-33/h1-28H. The third kappa shape index (κ3) is 4.39. The zero-order valence-corrected chi connectivity index (χ0v) is 25.0. The third-order valence-electron chi connectivity index (χ3n) is 8.77. The highest BCUT2D eigenvalue weighted by Gasteiger charge is 2.16. The van der Waals surface area contributed by atoms with Crippen LogP contribution in [0.25, 0.3) is 78.0 Å². The number of benzene rings is 6. The van der Waals surface area contributed by atoms with Gasteiger partial charge >= 0.3 is 0 Å². The van der Waals surface area contributed by atoms with Crippen LogP contribution in [-0.4, -0.2) is 19.1 Å². The molecule has 0 atom stereocenters. The van der Waals surface area contributed by atoms with Gasteiger partial charge in [0.25, 0.3) is 0 Å². The average molecular weight is 589 g/mol. The van der Waals surface area contributed by atoms with Crippen LogP contribution in [0.2, 0.25) is 0 Å². The second-order valence-electron chi connectivity index (χ2n) is 11.5. The summed E-state index contributed by atoms with van der Waals surface area (Å²) in [6.07, 6.45) is 2.16. The summed E-state index contributed by atoms with van der Waals surface area (Å²) in [7, 11) is 0. The number of para-hydroxylation sites is 2. The number of hydrogen-bond donors (Lipinski definition) is 0. The Morgan fingerprint density at radius 3 is 1.67 bits per heavy atom. The van der Waals surface area contributed by atoms with Gasteiger partial charge in [-0.3, -0.25) is 0 Å². The van der Waals surface area contributed by atoms with E-state index < -0.39 is 0 Å². The Kier molecular flexibility index (Phi) is 6.10. The molecule has 9 rings (SSSR count). The van der Waals surface area contributed by atoms with E-state index in [-0.39, 0.29) is 0 Å². The van der Waals surface area contributed by atoms with Crippen molar-refractivity contribution in [3.8, 4) is 45.3 Å². The van der Waals surface area contributed by atoms with E-state index in [4.69, 9.17) is 9.97 Å². The van der Waals surface area contributed by atoms with Crippen molar-refractivity contribution in [1.82, 2.24) is 19.1 Å². The maximum atomic E-state index is 5.03. The third-order valence-corrected chi connectivity index (χ3v) is 8.77. The molecule has 0 saturated heterocycles. The summed E-state index contributed by atoms with van der Waals surface area (Å²) in [5.74, 6) is 0.706. The molecule has 0 N–H and O–H groups in total. The summed E-state index contributed by atoms with van der Waals surface area (Å²) in [5.41, 5.74) is 10.7. The highest BCUT2D eigenvalue weighted by molar-refractivity contribution is 6.13. The fourth-order valence-electron chi connectivity index (χ4n) is 6.54. The van der Waals surface area contributed by atoms with E-state index in [1.54, 1.807) is 0 Å². The average Bonchev–Trinajstić information content (AvgIpc) is 3.70. The summed E-state index contributed by atoms with van der Waals surface area (Å²) in [6.45, 7) is 0. The Morgan fingerprint density at radius 1 is 0.391 bits per heavy atom. The number of fused-ring (bicyclic) bond motifs is 4. The van der Waals surface area contributed by atoms with E-state index in [2.05, 4.69) is 143 Å². The molecule has 3 heterocycles. The summed E-state index contributed by atoms with van der Waals surface area (Å²) in [5, 5.41) is 3.67. The number of nitrogens with zero attached hydrogens (tertiary/aromatic N) is 4. The van der Waals surface area contributed by atoms with Crippen LogP contribution in [0.15, 0.2) is 170 Å². The van der Waals surface area contributed by atoms with Crippen LogP contribution in [0.5, 0.6) is 0 Å². The second-order valence-corrected chi connectivity index (χ2v) is 11.5. The van der Waals surface area contributed by atoms with Gasteiger partial charge in [-0.2, -0.15) is 0 Å². The Labute approximate surface area is 266 Å². The molecular formula is C42H28N4. The van der Waals surface area contributed by atoms with E-state index in [0.717, 1.165) is 39.5 Å². The van der Waals surface area contributed by atoms with Crippen molar-refractivity contribution in [2.45, 2.75) is 0 Å². The Morgan fingerprint density at radius 2 is 1.00 bits per heavy atom. The molecule has 0 aliphatic rings. The lowest BCUT2D eigenvalue weighted by atomic mass is 10.1. The fraction of sp³-hybridized carbons (Fsp3) is 0. The molecule has 0 fully saturated rings. The van der Waals surface area contributed by atoms with Gasteiger partial charge in [-0.25, -0.2) is 9.97 Å². The minimum Gasteiger partial charge on any atom is -0.317 e. The van der Waals surface area contributed by atoms with Crippen LogP contribution >= 0.6 is 0 Å². The van der Waals surface area contributed by atoms with Crippen molar-refractivity contribution < 1.29 is 0 Å². The van der Waals surface area contributed by atoms with Crippen LogP contribution in [-0.2, 0) is 0 Å². The Balaban J connectivity index is 1.18. The van der Waals surface area contributed by atoms with E-state index in [1.165, 1.54) is 32.7 Å². The van der Waals surface area contributed by atoms with Crippen molar-refractivity contribution in [2.75, 3.05) is 0 Å². The first-order valence-electron chi connectivity index (χ1n) is 15.5. The smallest absolute Gasteiger partial charge is 0.160 e. The second kappa shape index (κ2) is 10.7. The minimum absolute atomic E-state index is 0.706. The molecule has 0 amide bonds. The summed E-state index contributed by atoms with van der Waals surface area (Å²) in [6, 6.07) is 57.4. The van der Waals surface area contributed by atoms with Crippen LogP contribution in [0, 0.1) is 0 Å². The molecule has 216 valence electrons. The lowest BCUT2D eigenvalue weighted by Gasteiger charge is -2.11. The normalized spacial score (nSPS) is 11.5. The molecule has 4 heteroatoms. The van der Waals surface area contributed by atoms with Gasteiger partial charge in [-0.1, -0.05) is 97.1 Å². The molecule has 0 aliphatic heterocycles. The van der Waals surface area contributed by atoms with Crippen LogP contribution < -0.4 is 0 Å². The minimum atomic E-state index is 0.706. The molecule has 46 heavy (non-hydrogen) atoms. The summed E-state index contributed by atoms with van der Waals surface area (Å²) >= 11 is 0. The Hall–Kier alpha value is -6.26. The van der Waals surface area contributed by atoms with Gasteiger partial charge in [0.2, 0.25) is 0 Å². The van der Waals surface area contributed by atoms with E-state index in [0.29, 0.717) is 5.82 Å². The molecule has 4 nitrogen and oxygen atoms in total. The van der Waals surface area contributed by atoms with Gasteiger partial charge in [-0.05, 0) is 66.7 Å². The van der Waals surface area contributed by atoms with Crippen molar-refractivity contribution in [3.05, 3.63) is 170 Å². The van der Waals surface area contributed by atoms with Crippen LogP contribution in [0.4, 0.5) is 0 Å². The molecule has 9 aromatic rings. The largest absolute Gasteiger partial charge is 0.317 e. The molecule has 0 aliphatic carbocycles. The van der Waals surface area contributed by atoms with Crippen LogP contribution in [0.3, 0.4) is 0 Å². The first kappa shape index (κ1) is 26.2. The molecule has 0 unspecified atom stereocenters. The highest BCUT2D eigenvalue weighted by atomic mass is 15.0. The zero-order valence-electron chi connectivity index (χ0n) is 25.0. The lowest BCUT2D eigenvalue weighted by molar-refractivity contribution is 1.13. The monoisotopic (exact) mass is 588 g/mol. The summed E-state index contributed by atoms with van der Waals surface area (Å²) in [4.78, 5) is 10.1. The van der Waals surface area contributed by atoms with Gasteiger partial charge in [-0.15, -0.1) is 0 Å². The van der Waals surface area contributed by atoms with E-state index in [9.17, 15) is 0 Å². The number of hydrogen-bond acceptors (Lipinski definition) is 2. The number of aromatic nitrogens is 4. The molecule has 0 spiro atoms. The first-order valence-corrected chi connectivity index (χ1v) is 15.5. The van der Waals surface area contributed by atoms with Crippen molar-refractivity contribution >= 4 is 32.7 Å². The molecule has 3 aromatic heterocycles. The van der Waals surface area contributed by atoms with Crippen molar-refractivity contribution in [3.63, 3.8) is 0 Å². The maximum absolute atomic E-state index is 5.03. The molecule has 0 bridgehead atoms. The van der Waals surface area contributed by atoms with E-state index in [1.807, 2.05) is 36.4 Å².